The standard InChI is InChI=1S/C19H21N3O2/c1-14-6-2-5-9-17(14)22-18(23)10-11-21(19(22)24)13-16-8-4-3-7-15(16)12-20/h2-9H,10-13,20H2,1H3. The molecule has 1 aliphatic rings. The van der Waals surface area contributed by atoms with Gasteiger partial charge >= 0.3 is 6.03 Å². The lowest BCUT2D eigenvalue weighted by Crippen LogP contribution is -2.52. The van der Waals surface area contributed by atoms with Crippen molar-refractivity contribution in [3.05, 3.63) is 65.2 Å². The lowest BCUT2D eigenvalue weighted by atomic mass is 10.1. The van der Waals surface area contributed by atoms with Gasteiger partial charge in [0, 0.05) is 26.1 Å². The third kappa shape index (κ3) is 3.03. The molecule has 2 aromatic carbocycles. The molecular weight excluding hydrogens is 302 g/mol. The van der Waals surface area contributed by atoms with Crippen molar-refractivity contribution in [2.24, 2.45) is 5.73 Å². The second kappa shape index (κ2) is 6.84. The van der Waals surface area contributed by atoms with Crippen molar-refractivity contribution < 1.29 is 9.59 Å². The summed E-state index contributed by atoms with van der Waals surface area (Å²) in [5.41, 5.74) is 9.38. The zero-order chi connectivity index (χ0) is 17.1. The Morgan fingerprint density at radius 3 is 2.38 bits per heavy atom. The zero-order valence-corrected chi connectivity index (χ0v) is 13.7. The summed E-state index contributed by atoms with van der Waals surface area (Å²) in [6.07, 6.45) is 0.324. The van der Waals surface area contributed by atoms with Crippen LogP contribution in [0.4, 0.5) is 10.5 Å². The molecule has 0 unspecified atom stereocenters. The summed E-state index contributed by atoms with van der Waals surface area (Å²) in [6.45, 7) is 3.22. The van der Waals surface area contributed by atoms with Crippen LogP contribution in [0.3, 0.4) is 0 Å². The molecule has 3 rings (SSSR count). The summed E-state index contributed by atoms with van der Waals surface area (Å²) in [5.74, 6) is -0.155. The Morgan fingerprint density at radius 2 is 1.67 bits per heavy atom. The van der Waals surface area contributed by atoms with E-state index in [0.29, 0.717) is 31.7 Å². The Bertz CT molecular complexity index is 773. The maximum absolute atomic E-state index is 12.9. The highest BCUT2D eigenvalue weighted by Crippen LogP contribution is 2.25. The van der Waals surface area contributed by atoms with Crippen molar-refractivity contribution in [1.82, 2.24) is 4.90 Å². The molecule has 0 bridgehead atoms. The van der Waals surface area contributed by atoms with E-state index in [9.17, 15) is 9.59 Å². The third-order valence-electron chi connectivity index (χ3n) is 4.36. The van der Waals surface area contributed by atoms with Gasteiger partial charge < -0.3 is 10.6 Å². The number of amides is 3. The van der Waals surface area contributed by atoms with E-state index in [4.69, 9.17) is 5.73 Å². The SMILES string of the molecule is Cc1ccccc1N1C(=O)CCN(Cc2ccccc2CN)C1=O. The Balaban J connectivity index is 1.88. The molecule has 24 heavy (non-hydrogen) atoms. The third-order valence-corrected chi connectivity index (χ3v) is 4.36. The minimum atomic E-state index is -0.271. The summed E-state index contributed by atoms with van der Waals surface area (Å²) in [5, 5.41) is 0. The molecule has 1 saturated heterocycles. The van der Waals surface area contributed by atoms with Gasteiger partial charge in [0.15, 0.2) is 0 Å². The maximum Gasteiger partial charge on any atom is 0.331 e. The number of urea groups is 1. The normalized spacial score (nSPS) is 15.1. The topological polar surface area (TPSA) is 66.6 Å². The number of rotatable bonds is 4. The monoisotopic (exact) mass is 323 g/mol. The highest BCUT2D eigenvalue weighted by molar-refractivity contribution is 6.16. The van der Waals surface area contributed by atoms with E-state index in [1.807, 2.05) is 55.5 Å². The molecule has 1 aliphatic heterocycles. The van der Waals surface area contributed by atoms with Crippen LogP contribution in [0.25, 0.3) is 0 Å². The van der Waals surface area contributed by atoms with Crippen molar-refractivity contribution >= 4 is 17.6 Å². The summed E-state index contributed by atoms with van der Waals surface area (Å²) in [7, 11) is 0. The van der Waals surface area contributed by atoms with Gasteiger partial charge in [-0.05, 0) is 29.7 Å². The van der Waals surface area contributed by atoms with Crippen molar-refractivity contribution in [3.63, 3.8) is 0 Å². The van der Waals surface area contributed by atoms with Crippen LogP contribution in [0, 0.1) is 6.92 Å². The first kappa shape index (κ1) is 16.2. The average Bonchev–Trinajstić information content (AvgIpc) is 2.59. The number of aryl methyl sites for hydroxylation is 1. The second-order valence-corrected chi connectivity index (χ2v) is 5.94. The lowest BCUT2D eigenvalue weighted by molar-refractivity contribution is -0.119. The van der Waals surface area contributed by atoms with E-state index in [1.165, 1.54) is 4.90 Å². The van der Waals surface area contributed by atoms with Crippen LogP contribution in [0.2, 0.25) is 0 Å². The number of para-hydroxylation sites is 1. The van der Waals surface area contributed by atoms with Gasteiger partial charge in [0.05, 0.1) is 5.69 Å². The number of hydrogen-bond acceptors (Lipinski definition) is 3. The predicted octanol–water partition coefficient (Wildman–Crippen LogP) is 2.81. The molecular formula is C19H21N3O2. The van der Waals surface area contributed by atoms with Crippen LogP contribution in [-0.2, 0) is 17.9 Å². The number of anilines is 1. The Labute approximate surface area is 141 Å². The number of carbonyl (C=O) groups excluding carboxylic acids is 2. The van der Waals surface area contributed by atoms with Crippen LogP contribution < -0.4 is 10.6 Å². The van der Waals surface area contributed by atoms with Crippen molar-refractivity contribution in [2.45, 2.75) is 26.4 Å². The van der Waals surface area contributed by atoms with E-state index in [0.717, 1.165) is 16.7 Å². The lowest BCUT2D eigenvalue weighted by Gasteiger charge is -2.35. The van der Waals surface area contributed by atoms with Crippen LogP contribution in [-0.4, -0.2) is 23.4 Å². The summed E-state index contributed by atoms with van der Waals surface area (Å²) < 4.78 is 0. The summed E-state index contributed by atoms with van der Waals surface area (Å²) in [6, 6.07) is 15.0. The molecule has 2 N–H and O–H groups in total. The molecule has 0 aliphatic carbocycles. The molecule has 1 heterocycles. The fourth-order valence-electron chi connectivity index (χ4n) is 3.00. The van der Waals surface area contributed by atoms with Gasteiger partial charge in [-0.1, -0.05) is 42.5 Å². The Hall–Kier alpha value is -2.66. The molecule has 0 saturated carbocycles. The summed E-state index contributed by atoms with van der Waals surface area (Å²) >= 11 is 0. The van der Waals surface area contributed by atoms with Gasteiger partial charge in [0.2, 0.25) is 5.91 Å². The van der Waals surface area contributed by atoms with Crippen LogP contribution in [0.5, 0.6) is 0 Å². The fourth-order valence-corrected chi connectivity index (χ4v) is 3.00. The predicted molar refractivity (Wildman–Crippen MR) is 93.4 cm³/mol. The first-order chi connectivity index (χ1) is 11.6. The second-order valence-electron chi connectivity index (χ2n) is 5.94. The van der Waals surface area contributed by atoms with Gasteiger partial charge in [0.25, 0.3) is 0 Å². The van der Waals surface area contributed by atoms with Gasteiger partial charge in [-0.3, -0.25) is 4.79 Å². The van der Waals surface area contributed by atoms with Gasteiger partial charge in [-0.15, -0.1) is 0 Å². The van der Waals surface area contributed by atoms with E-state index >= 15 is 0 Å². The Morgan fingerprint density at radius 1 is 1.00 bits per heavy atom. The Kier molecular flexibility index (Phi) is 4.62. The van der Waals surface area contributed by atoms with Crippen molar-refractivity contribution in [1.29, 1.82) is 0 Å². The summed E-state index contributed by atoms with van der Waals surface area (Å²) in [4.78, 5) is 28.2. The first-order valence-electron chi connectivity index (χ1n) is 8.06. The molecule has 124 valence electrons. The molecule has 1 fully saturated rings. The highest BCUT2D eigenvalue weighted by atomic mass is 16.2. The molecule has 5 nitrogen and oxygen atoms in total. The zero-order valence-electron chi connectivity index (χ0n) is 13.7. The van der Waals surface area contributed by atoms with Crippen molar-refractivity contribution in [2.75, 3.05) is 11.4 Å². The van der Waals surface area contributed by atoms with Crippen LogP contribution in [0.15, 0.2) is 48.5 Å². The van der Waals surface area contributed by atoms with Crippen LogP contribution >= 0.6 is 0 Å². The molecule has 0 radical (unpaired) electrons. The van der Waals surface area contributed by atoms with Gasteiger partial charge in [-0.25, -0.2) is 9.69 Å². The highest BCUT2D eigenvalue weighted by Gasteiger charge is 2.33. The maximum atomic E-state index is 12.9. The molecule has 2 aromatic rings. The van der Waals surface area contributed by atoms with E-state index in [2.05, 4.69) is 0 Å². The first-order valence-corrected chi connectivity index (χ1v) is 8.06. The van der Waals surface area contributed by atoms with E-state index in [1.54, 1.807) is 4.90 Å². The molecule has 0 aromatic heterocycles. The number of hydrogen-bond donors (Lipinski definition) is 1. The fraction of sp³-hybridized carbons (Fsp3) is 0.263. The minimum Gasteiger partial charge on any atom is -0.326 e. The van der Waals surface area contributed by atoms with Gasteiger partial charge in [0.1, 0.15) is 0 Å². The molecule has 0 spiro atoms. The molecule has 5 heteroatoms. The average molecular weight is 323 g/mol. The number of carbonyl (C=O) groups is 2. The number of nitrogens with two attached hydrogens (primary N) is 1. The van der Waals surface area contributed by atoms with Crippen LogP contribution in [0.1, 0.15) is 23.1 Å². The van der Waals surface area contributed by atoms with Crippen molar-refractivity contribution in [3.8, 4) is 0 Å². The number of benzene rings is 2. The van der Waals surface area contributed by atoms with E-state index < -0.39 is 0 Å². The number of nitrogens with zero attached hydrogens (tertiary/aromatic N) is 2. The smallest absolute Gasteiger partial charge is 0.326 e. The van der Waals surface area contributed by atoms with E-state index in [-0.39, 0.29) is 11.9 Å². The van der Waals surface area contributed by atoms with Gasteiger partial charge in [-0.2, -0.15) is 0 Å². The number of imide groups is 1. The molecule has 0 atom stereocenters. The minimum absolute atomic E-state index is 0.155. The largest absolute Gasteiger partial charge is 0.331 e. The quantitative estimate of drug-likeness (QED) is 0.941. The molecule has 3 amide bonds.